The first-order valence-electron chi connectivity index (χ1n) is 5.06. The number of nitrogen functional groups attached to an aromatic ring is 1. The van der Waals surface area contributed by atoms with E-state index in [2.05, 4.69) is 5.32 Å². The number of nitrogens with two attached hydrogens (primary N) is 1. The van der Waals surface area contributed by atoms with Crippen molar-refractivity contribution in [3.63, 3.8) is 0 Å². The largest absolute Gasteiger partial charge is 0.480 e. The van der Waals surface area contributed by atoms with Gasteiger partial charge in [-0.05, 0) is 30.7 Å². The van der Waals surface area contributed by atoms with E-state index in [4.69, 9.17) is 10.8 Å². The molecular weight excluding hydrogens is 220 g/mol. The van der Waals surface area contributed by atoms with Crippen molar-refractivity contribution in [1.29, 1.82) is 0 Å². The van der Waals surface area contributed by atoms with Gasteiger partial charge < -0.3 is 16.2 Å². The van der Waals surface area contributed by atoms with E-state index < -0.39 is 17.9 Å². The summed E-state index contributed by atoms with van der Waals surface area (Å²) in [6, 6.07) is 6.06. The molecule has 0 aromatic heterocycles. The Hall–Kier alpha value is -2.30. The molecule has 90 valence electrons. The van der Waals surface area contributed by atoms with Crippen LogP contribution in [0.2, 0.25) is 0 Å². The fourth-order valence-corrected chi connectivity index (χ4v) is 1.10. The topological polar surface area (TPSA) is 92.4 Å². The van der Waals surface area contributed by atoms with E-state index in [-0.39, 0.29) is 0 Å². The number of carbonyl (C=O) groups excluding carboxylic acids is 1. The average Bonchev–Trinajstić information content (AvgIpc) is 2.28. The molecule has 0 fully saturated rings. The summed E-state index contributed by atoms with van der Waals surface area (Å²) in [6.07, 6.45) is 2.87. The van der Waals surface area contributed by atoms with Crippen molar-refractivity contribution >= 4 is 23.6 Å². The first-order valence-corrected chi connectivity index (χ1v) is 5.06. The van der Waals surface area contributed by atoms with Gasteiger partial charge in [0.05, 0.1) is 0 Å². The highest BCUT2D eigenvalue weighted by atomic mass is 16.4. The van der Waals surface area contributed by atoms with Crippen LogP contribution in [0.5, 0.6) is 0 Å². The molecule has 0 spiro atoms. The smallest absolute Gasteiger partial charge is 0.325 e. The summed E-state index contributed by atoms with van der Waals surface area (Å²) < 4.78 is 0. The second-order valence-electron chi connectivity index (χ2n) is 3.57. The van der Waals surface area contributed by atoms with Crippen molar-refractivity contribution < 1.29 is 14.7 Å². The Morgan fingerprint density at radius 3 is 2.47 bits per heavy atom. The van der Waals surface area contributed by atoms with Gasteiger partial charge in [0.2, 0.25) is 5.91 Å². The van der Waals surface area contributed by atoms with Crippen LogP contribution in [-0.2, 0) is 9.59 Å². The van der Waals surface area contributed by atoms with E-state index in [0.29, 0.717) is 5.69 Å². The predicted molar refractivity (Wildman–Crippen MR) is 65.1 cm³/mol. The van der Waals surface area contributed by atoms with Crippen molar-refractivity contribution in [2.24, 2.45) is 0 Å². The Kier molecular flexibility index (Phi) is 4.28. The van der Waals surface area contributed by atoms with Gasteiger partial charge in [-0.2, -0.15) is 0 Å². The highest BCUT2D eigenvalue weighted by Crippen LogP contribution is 2.06. The third-order valence-corrected chi connectivity index (χ3v) is 2.09. The van der Waals surface area contributed by atoms with E-state index in [9.17, 15) is 9.59 Å². The number of rotatable bonds is 4. The second kappa shape index (κ2) is 5.69. The van der Waals surface area contributed by atoms with Gasteiger partial charge in [-0.25, -0.2) is 0 Å². The maximum absolute atomic E-state index is 11.3. The Labute approximate surface area is 98.9 Å². The molecule has 0 heterocycles. The van der Waals surface area contributed by atoms with Gasteiger partial charge in [0.1, 0.15) is 6.04 Å². The van der Waals surface area contributed by atoms with Crippen molar-refractivity contribution in [3.8, 4) is 0 Å². The highest BCUT2D eigenvalue weighted by molar-refractivity contribution is 5.94. The lowest BCUT2D eigenvalue weighted by Crippen LogP contribution is -2.37. The molecule has 1 atom stereocenters. The van der Waals surface area contributed by atoms with E-state index in [1.807, 2.05) is 0 Å². The molecule has 17 heavy (non-hydrogen) atoms. The first kappa shape index (κ1) is 12.8. The van der Waals surface area contributed by atoms with E-state index in [0.717, 1.165) is 5.56 Å². The van der Waals surface area contributed by atoms with Gasteiger partial charge in [-0.15, -0.1) is 0 Å². The molecule has 5 heteroatoms. The number of hydrogen-bond donors (Lipinski definition) is 3. The average molecular weight is 234 g/mol. The number of aliphatic carboxylic acids is 1. The van der Waals surface area contributed by atoms with Gasteiger partial charge in [0.25, 0.3) is 0 Å². The van der Waals surface area contributed by atoms with Crippen LogP contribution in [0.3, 0.4) is 0 Å². The maximum Gasteiger partial charge on any atom is 0.325 e. The molecule has 5 nitrogen and oxygen atoms in total. The highest BCUT2D eigenvalue weighted by Gasteiger charge is 2.11. The summed E-state index contributed by atoms with van der Waals surface area (Å²) in [6.45, 7) is 1.40. The molecule has 0 aliphatic heterocycles. The summed E-state index contributed by atoms with van der Waals surface area (Å²) in [7, 11) is 0. The van der Waals surface area contributed by atoms with Crippen LogP contribution < -0.4 is 11.1 Å². The summed E-state index contributed by atoms with van der Waals surface area (Å²) in [5, 5.41) is 10.9. The SMILES string of the molecule is CC(NC(=O)/C=C/c1ccc(N)cc1)C(=O)O. The zero-order valence-electron chi connectivity index (χ0n) is 9.38. The molecule has 1 amide bonds. The summed E-state index contributed by atoms with van der Waals surface area (Å²) in [5.41, 5.74) is 6.97. The Balaban J connectivity index is 2.56. The lowest BCUT2D eigenvalue weighted by Gasteiger charge is -2.05. The third-order valence-electron chi connectivity index (χ3n) is 2.09. The lowest BCUT2D eigenvalue weighted by atomic mass is 10.2. The molecule has 0 aliphatic rings. The van der Waals surface area contributed by atoms with Crippen LogP contribution in [0, 0.1) is 0 Å². The third kappa shape index (κ3) is 4.38. The molecular formula is C12H14N2O3. The van der Waals surface area contributed by atoms with Crippen LogP contribution in [0.15, 0.2) is 30.3 Å². The lowest BCUT2D eigenvalue weighted by molar-refractivity contribution is -0.140. The van der Waals surface area contributed by atoms with E-state index >= 15 is 0 Å². The minimum atomic E-state index is -1.07. The van der Waals surface area contributed by atoms with Crippen molar-refractivity contribution in [2.45, 2.75) is 13.0 Å². The minimum Gasteiger partial charge on any atom is -0.480 e. The zero-order valence-corrected chi connectivity index (χ0v) is 9.38. The molecule has 1 aromatic carbocycles. The second-order valence-corrected chi connectivity index (χ2v) is 3.57. The van der Waals surface area contributed by atoms with Crippen molar-refractivity contribution in [3.05, 3.63) is 35.9 Å². The summed E-state index contributed by atoms with van der Waals surface area (Å²) in [4.78, 5) is 21.8. The number of carbonyl (C=O) groups is 2. The molecule has 1 rings (SSSR count). The van der Waals surface area contributed by atoms with Crippen molar-refractivity contribution in [2.75, 3.05) is 5.73 Å². The summed E-state index contributed by atoms with van der Waals surface area (Å²) in [5.74, 6) is -1.52. The van der Waals surface area contributed by atoms with Gasteiger partial charge in [-0.3, -0.25) is 9.59 Å². The number of hydrogen-bond acceptors (Lipinski definition) is 3. The van der Waals surface area contributed by atoms with Crippen LogP contribution in [-0.4, -0.2) is 23.0 Å². The molecule has 0 saturated heterocycles. The normalized spacial score (nSPS) is 12.3. The molecule has 4 N–H and O–H groups in total. The maximum atomic E-state index is 11.3. The number of nitrogens with one attached hydrogen (secondary N) is 1. The molecule has 1 unspecified atom stereocenters. The van der Waals surface area contributed by atoms with Gasteiger partial charge in [-0.1, -0.05) is 12.1 Å². The van der Waals surface area contributed by atoms with Gasteiger partial charge in [0.15, 0.2) is 0 Å². The quantitative estimate of drug-likeness (QED) is 0.532. The van der Waals surface area contributed by atoms with Crippen LogP contribution in [0.1, 0.15) is 12.5 Å². The monoisotopic (exact) mass is 234 g/mol. The Bertz CT molecular complexity index is 438. The molecule has 1 aromatic rings. The van der Waals surface area contributed by atoms with Crippen LogP contribution >= 0.6 is 0 Å². The van der Waals surface area contributed by atoms with E-state index in [1.165, 1.54) is 13.0 Å². The van der Waals surface area contributed by atoms with Gasteiger partial charge >= 0.3 is 5.97 Å². The number of carboxylic acid groups (broad SMARTS) is 1. The molecule has 0 bridgehead atoms. The van der Waals surface area contributed by atoms with Crippen LogP contribution in [0.25, 0.3) is 6.08 Å². The van der Waals surface area contributed by atoms with Crippen molar-refractivity contribution in [1.82, 2.24) is 5.32 Å². The minimum absolute atomic E-state index is 0.447. The predicted octanol–water partition coefficient (Wildman–Crippen LogP) is 0.871. The summed E-state index contributed by atoms with van der Waals surface area (Å²) >= 11 is 0. The fraction of sp³-hybridized carbons (Fsp3) is 0.167. The van der Waals surface area contributed by atoms with Gasteiger partial charge in [0, 0.05) is 11.8 Å². The Morgan fingerprint density at radius 2 is 1.94 bits per heavy atom. The standard InChI is InChI=1S/C12H14N2O3/c1-8(12(16)17)14-11(15)7-4-9-2-5-10(13)6-3-9/h2-8H,13H2,1H3,(H,14,15)(H,16,17)/b7-4+. The zero-order chi connectivity index (χ0) is 12.8. The number of anilines is 1. The number of amides is 1. The number of benzene rings is 1. The molecule has 0 saturated carbocycles. The fourth-order valence-electron chi connectivity index (χ4n) is 1.10. The molecule has 0 radical (unpaired) electrons. The van der Waals surface area contributed by atoms with Crippen LogP contribution in [0.4, 0.5) is 5.69 Å². The van der Waals surface area contributed by atoms with E-state index in [1.54, 1.807) is 30.3 Å². The Morgan fingerprint density at radius 1 is 1.35 bits per heavy atom. The number of carboxylic acids is 1. The molecule has 0 aliphatic carbocycles. The first-order chi connectivity index (χ1) is 7.99.